The normalized spacial score (nSPS) is 35.2. The molecule has 5 heteroatoms. The molecule has 5 unspecified atom stereocenters. The van der Waals surface area contributed by atoms with Crippen LogP contribution in [-0.2, 0) is 9.53 Å². The van der Waals surface area contributed by atoms with E-state index >= 15 is 0 Å². The Morgan fingerprint density at radius 2 is 1.38 bits per heavy atom. The predicted octanol–water partition coefficient (Wildman–Crippen LogP) is 4.16. The zero-order valence-electron chi connectivity index (χ0n) is 16.4. The maximum absolute atomic E-state index is 12.0. The van der Waals surface area contributed by atoms with Gasteiger partial charge in [-0.05, 0) is 62.7 Å². The maximum Gasteiger partial charge on any atom is 0.408 e. The van der Waals surface area contributed by atoms with E-state index in [2.05, 4.69) is 39.9 Å². The van der Waals surface area contributed by atoms with Gasteiger partial charge in [0.25, 0.3) is 0 Å². The summed E-state index contributed by atoms with van der Waals surface area (Å²) in [5.41, 5.74) is -0.642. The Morgan fingerprint density at radius 1 is 0.958 bits per heavy atom. The third-order valence-corrected chi connectivity index (χ3v) is 6.17. The number of nitrogens with one attached hydrogen (secondary N) is 1. The Balaban J connectivity index is 2.84. The van der Waals surface area contributed by atoms with Crippen molar-refractivity contribution in [1.29, 1.82) is 0 Å². The van der Waals surface area contributed by atoms with Gasteiger partial charge in [-0.1, -0.05) is 34.6 Å². The number of rotatable bonds is 4. The fraction of sp³-hybridized carbons (Fsp3) is 0.895. The molecule has 0 bridgehead atoms. The van der Waals surface area contributed by atoms with Gasteiger partial charge in [-0.3, -0.25) is 0 Å². The van der Waals surface area contributed by atoms with E-state index in [1.165, 1.54) is 0 Å². The topological polar surface area (TPSA) is 75.6 Å². The molecule has 1 fully saturated rings. The van der Waals surface area contributed by atoms with Gasteiger partial charge < -0.3 is 15.2 Å². The number of alkyl carbamates (subject to hydrolysis) is 1. The van der Waals surface area contributed by atoms with Crippen molar-refractivity contribution in [3.8, 4) is 0 Å². The van der Waals surface area contributed by atoms with Gasteiger partial charge >= 0.3 is 12.1 Å². The summed E-state index contributed by atoms with van der Waals surface area (Å²) in [6, 6.07) is -0.914. The lowest BCUT2D eigenvalue weighted by Gasteiger charge is -2.48. The van der Waals surface area contributed by atoms with Gasteiger partial charge in [0.15, 0.2) is 0 Å². The molecule has 0 saturated heterocycles. The van der Waals surface area contributed by atoms with Gasteiger partial charge in [0.05, 0.1) is 0 Å². The minimum absolute atomic E-state index is 0.266. The number of carboxylic acid groups (broad SMARTS) is 1. The molecule has 2 N–H and O–H groups in total. The van der Waals surface area contributed by atoms with Crippen LogP contribution in [0.3, 0.4) is 0 Å². The summed E-state index contributed by atoms with van der Waals surface area (Å²) in [7, 11) is 0. The molecule has 0 aromatic rings. The first-order valence-corrected chi connectivity index (χ1v) is 9.07. The Labute approximate surface area is 146 Å². The number of carbonyl (C=O) groups is 2. The lowest BCUT2D eigenvalue weighted by Crippen LogP contribution is -2.48. The first-order valence-electron chi connectivity index (χ1n) is 9.07. The summed E-state index contributed by atoms with van der Waals surface area (Å²) in [5, 5.41) is 12.1. The summed E-state index contributed by atoms with van der Waals surface area (Å²) >= 11 is 0. The van der Waals surface area contributed by atoms with E-state index < -0.39 is 23.7 Å². The number of hydrogen-bond donors (Lipinski definition) is 2. The summed E-state index contributed by atoms with van der Waals surface area (Å²) in [4.78, 5) is 23.6. The number of ether oxygens (including phenoxy) is 1. The van der Waals surface area contributed by atoms with Crippen molar-refractivity contribution in [2.75, 3.05) is 0 Å². The highest BCUT2D eigenvalue weighted by Gasteiger charge is 2.42. The quantitative estimate of drug-likeness (QED) is 0.805. The molecule has 1 aliphatic rings. The van der Waals surface area contributed by atoms with Gasteiger partial charge in [0.1, 0.15) is 11.6 Å². The lowest BCUT2D eigenvalue weighted by molar-refractivity contribution is -0.140. The number of hydrogen-bond acceptors (Lipinski definition) is 3. The van der Waals surface area contributed by atoms with Gasteiger partial charge in [-0.15, -0.1) is 0 Å². The average molecular weight is 341 g/mol. The predicted molar refractivity (Wildman–Crippen MR) is 94.7 cm³/mol. The Bertz CT molecular complexity index is 441. The molecule has 0 spiro atoms. The molecule has 0 aliphatic heterocycles. The van der Waals surface area contributed by atoms with Crippen molar-refractivity contribution in [3.63, 3.8) is 0 Å². The lowest BCUT2D eigenvalue weighted by atomic mass is 9.58. The molecule has 1 rings (SSSR count). The molecule has 24 heavy (non-hydrogen) atoms. The minimum Gasteiger partial charge on any atom is -0.480 e. The largest absolute Gasteiger partial charge is 0.480 e. The molecule has 140 valence electrons. The summed E-state index contributed by atoms with van der Waals surface area (Å²) in [6.07, 6.45) is -0.223. The van der Waals surface area contributed by atoms with Crippen molar-refractivity contribution in [1.82, 2.24) is 5.32 Å². The molecule has 1 amide bonds. The van der Waals surface area contributed by atoms with Crippen LogP contribution in [0.15, 0.2) is 0 Å². The van der Waals surface area contributed by atoms with Crippen LogP contribution in [0.5, 0.6) is 0 Å². The highest BCUT2D eigenvalue weighted by Crippen LogP contribution is 2.47. The van der Waals surface area contributed by atoms with Crippen molar-refractivity contribution in [3.05, 3.63) is 0 Å². The molecule has 5 nitrogen and oxygen atoms in total. The van der Waals surface area contributed by atoms with Crippen LogP contribution in [0.1, 0.15) is 61.8 Å². The van der Waals surface area contributed by atoms with Gasteiger partial charge in [-0.2, -0.15) is 0 Å². The molecular formula is C19H35NO4. The average Bonchev–Trinajstić information content (AvgIpc) is 2.44. The van der Waals surface area contributed by atoms with Crippen LogP contribution in [0.2, 0.25) is 0 Å². The van der Waals surface area contributed by atoms with Crippen molar-refractivity contribution in [2.24, 2.45) is 35.5 Å². The van der Waals surface area contributed by atoms with Crippen LogP contribution < -0.4 is 5.32 Å². The van der Waals surface area contributed by atoms with Crippen LogP contribution in [0.25, 0.3) is 0 Å². The second kappa shape index (κ2) is 7.75. The van der Waals surface area contributed by atoms with Gasteiger partial charge in [-0.25, -0.2) is 9.59 Å². The number of carboxylic acids is 1. The molecule has 0 radical (unpaired) electrons. The molecule has 1 aliphatic carbocycles. The second-order valence-electron chi connectivity index (χ2n) is 8.73. The zero-order chi connectivity index (χ0) is 18.8. The molecule has 1 saturated carbocycles. The van der Waals surface area contributed by atoms with E-state index in [0.29, 0.717) is 36.0 Å². The fourth-order valence-corrected chi connectivity index (χ4v) is 4.07. The van der Waals surface area contributed by atoms with Gasteiger partial charge in [0, 0.05) is 0 Å². The molecule has 0 heterocycles. The van der Waals surface area contributed by atoms with Crippen LogP contribution in [0, 0.1) is 35.5 Å². The molecule has 5 atom stereocenters. The van der Waals surface area contributed by atoms with E-state index in [4.69, 9.17) is 4.74 Å². The number of carbonyl (C=O) groups excluding carboxylic acids is 1. The summed E-state index contributed by atoms with van der Waals surface area (Å²) in [6.45, 7) is 16.5. The number of aliphatic carboxylic acids is 1. The van der Waals surface area contributed by atoms with E-state index in [9.17, 15) is 14.7 Å². The summed E-state index contributed by atoms with van der Waals surface area (Å²) in [5.74, 6) is 1.81. The van der Waals surface area contributed by atoms with E-state index in [0.717, 1.165) is 0 Å². The van der Waals surface area contributed by atoms with E-state index in [1.54, 1.807) is 20.8 Å². The smallest absolute Gasteiger partial charge is 0.408 e. The third-order valence-electron chi connectivity index (χ3n) is 6.17. The standard InChI is InChI=1S/C19H35NO4/c1-10-11(2)13(4)15(14(5)12(10)3)9-16(17(21)22)20-18(23)24-19(6,7)8/h10-16H,9H2,1-8H3,(H,20,23)(H,21,22). The van der Waals surface area contributed by atoms with Crippen LogP contribution in [-0.4, -0.2) is 28.8 Å². The van der Waals surface area contributed by atoms with E-state index in [1.807, 2.05) is 0 Å². The zero-order valence-corrected chi connectivity index (χ0v) is 16.4. The highest BCUT2D eigenvalue weighted by atomic mass is 16.6. The Hall–Kier alpha value is -1.26. The monoisotopic (exact) mass is 341 g/mol. The Kier molecular flexibility index (Phi) is 6.71. The van der Waals surface area contributed by atoms with Gasteiger partial charge in [0.2, 0.25) is 0 Å². The fourth-order valence-electron chi connectivity index (χ4n) is 4.07. The first kappa shape index (κ1) is 20.8. The number of amides is 1. The first-order chi connectivity index (χ1) is 10.8. The van der Waals surface area contributed by atoms with Crippen molar-refractivity contribution in [2.45, 2.75) is 73.5 Å². The van der Waals surface area contributed by atoms with Crippen LogP contribution in [0.4, 0.5) is 4.79 Å². The SMILES string of the molecule is CC1C(C)C(C)C(CC(NC(=O)OC(C)(C)C)C(=O)O)C(C)C1C. The van der Waals surface area contributed by atoms with Crippen molar-refractivity contribution >= 4 is 12.1 Å². The third kappa shape index (κ3) is 5.12. The second-order valence-corrected chi connectivity index (χ2v) is 8.73. The molecular weight excluding hydrogens is 306 g/mol. The molecule has 0 aromatic carbocycles. The minimum atomic E-state index is -1.00. The van der Waals surface area contributed by atoms with Crippen molar-refractivity contribution < 1.29 is 19.4 Å². The Morgan fingerprint density at radius 3 is 1.75 bits per heavy atom. The van der Waals surface area contributed by atoms with Crippen LogP contribution >= 0.6 is 0 Å². The summed E-state index contributed by atoms with van der Waals surface area (Å²) < 4.78 is 5.21. The highest BCUT2D eigenvalue weighted by molar-refractivity contribution is 5.80. The molecule has 0 aromatic heterocycles. The maximum atomic E-state index is 12.0. The van der Waals surface area contributed by atoms with E-state index in [-0.39, 0.29) is 5.92 Å².